The van der Waals surface area contributed by atoms with Gasteiger partial charge in [0.1, 0.15) is 0 Å². The molecule has 4 aromatic rings. The Bertz CT molecular complexity index is 1150. The molecule has 6 heteroatoms. The van der Waals surface area contributed by atoms with Crippen LogP contribution in [-0.4, -0.2) is 38.0 Å². The standard InChI is InChI=1S/C32H34N4O2/c37-31(27-17-9-3-10-18-27)35-23-21-33-29(25-13-5-1-6-14-25)30(26-15-7-2-8-16-26)34-22-24-36-32(38)28-19-11-4-12-20-28/h1-20,29-30,33-34H,21-24H2,(H,35,37)(H,36,38)/t29-,30-/m0/s1. The third-order valence-electron chi connectivity index (χ3n) is 6.27. The normalized spacial score (nSPS) is 12.3. The lowest BCUT2D eigenvalue weighted by atomic mass is 9.93. The number of hydrogen-bond donors (Lipinski definition) is 4. The van der Waals surface area contributed by atoms with Gasteiger partial charge in [-0.3, -0.25) is 9.59 Å². The van der Waals surface area contributed by atoms with Gasteiger partial charge < -0.3 is 21.3 Å². The Hall–Kier alpha value is -4.26. The highest BCUT2D eigenvalue weighted by atomic mass is 16.2. The van der Waals surface area contributed by atoms with Gasteiger partial charge >= 0.3 is 0 Å². The summed E-state index contributed by atoms with van der Waals surface area (Å²) in [5.74, 6) is -0.175. The molecule has 2 atom stereocenters. The van der Waals surface area contributed by atoms with Crippen LogP contribution < -0.4 is 21.3 Å². The van der Waals surface area contributed by atoms with E-state index in [0.717, 1.165) is 11.1 Å². The largest absolute Gasteiger partial charge is 0.351 e. The molecule has 4 N–H and O–H groups in total. The summed E-state index contributed by atoms with van der Waals surface area (Å²) < 4.78 is 0. The van der Waals surface area contributed by atoms with Crippen molar-refractivity contribution < 1.29 is 9.59 Å². The minimum Gasteiger partial charge on any atom is -0.351 e. The molecule has 0 aliphatic rings. The second-order valence-electron chi connectivity index (χ2n) is 8.93. The molecular formula is C32H34N4O2. The van der Waals surface area contributed by atoms with Crippen LogP contribution in [0.4, 0.5) is 0 Å². The van der Waals surface area contributed by atoms with Gasteiger partial charge in [-0.1, -0.05) is 97.1 Å². The van der Waals surface area contributed by atoms with Gasteiger partial charge in [0.2, 0.25) is 0 Å². The molecule has 6 nitrogen and oxygen atoms in total. The van der Waals surface area contributed by atoms with Gasteiger partial charge in [-0.15, -0.1) is 0 Å². The van der Waals surface area contributed by atoms with Crippen molar-refractivity contribution in [1.29, 1.82) is 0 Å². The van der Waals surface area contributed by atoms with Crippen LogP contribution in [0.5, 0.6) is 0 Å². The van der Waals surface area contributed by atoms with Crippen molar-refractivity contribution in [3.05, 3.63) is 144 Å². The zero-order valence-corrected chi connectivity index (χ0v) is 21.3. The Kier molecular flexibility index (Phi) is 10.2. The van der Waals surface area contributed by atoms with Gasteiger partial charge in [0, 0.05) is 37.3 Å². The Labute approximate surface area is 224 Å². The van der Waals surface area contributed by atoms with Crippen LogP contribution in [0.3, 0.4) is 0 Å². The van der Waals surface area contributed by atoms with E-state index < -0.39 is 0 Å². The molecule has 0 saturated carbocycles. The van der Waals surface area contributed by atoms with Gasteiger partial charge in [0.15, 0.2) is 0 Å². The summed E-state index contributed by atoms with van der Waals surface area (Å²) >= 11 is 0. The van der Waals surface area contributed by atoms with Crippen molar-refractivity contribution in [2.24, 2.45) is 0 Å². The van der Waals surface area contributed by atoms with Crippen molar-refractivity contribution >= 4 is 11.8 Å². The molecule has 4 rings (SSSR count). The van der Waals surface area contributed by atoms with E-state index in [1.165, 1.54) is 0 Å². The number of amides is 2. The molecule has 2 amide bonds. The van der Waals surface area contributed by atoms with Crippen LogP contribution in [0.25, 0.3) is 0 Å². The van der Waals surface area contributed by atoms with Gasteiger partial charge in [0.25, 0.3) is 11.8 Å². The van der Waals surface area contributed by atoms with Crippen molar-refractivity contribution in [2.45, 2.75) is 12.1 Å². The molecule has 0 aliphatic carbocycles. The summed E-state index contributed by atoms with van der Waals surface area (Å²) in [5.41, 5.74) is 3.56. The Morgan fingerprint density at radius 2 is 0.763 bits per heavy atom. The average Bonchev–Trinajstić information content (AvgIpc) is 2.99. The third kappa shape index (κ3) is 7.87. The monoisotopic (exact) mass is 506 g/mol. The molecule has 0 aliphatic heterocycles. The summed E-state index contributed by atoms with van der Waals surface area (Å²) in [6.07, 6.45) is 0. The van der Waals surface area contributed by atoms with E-state index in [9.17, 15) is 9.59 Å². The molecule has 0 fully saturated rings. The van der Waals surface area contributed by atoms with Crippen molar-refractivity contribution in [3.63, 3.8) is 0 Å². The number of benzene rings is 4. The summed E-state index contributed by atoms with van der Waals surface area (Å²) in [7, 11) is 0. The van der Waals surface area contributed by atoms with E-state index in [1.54, 1.807) is 0 Å². The van der Waals surface area contributed by atoms with Crippen molar-refractivity contribution in [2.75, 3.05) is 26.2 Å². The highest BCUT2D eigenvalue weighted by Gasteiger charge is 2.24. The number of hydrogen-bond acceptors (Lipinski definition) is 4. The maximum atomic E-state index is 12.5. The minimum absolute atomic E-state index is 0.0583. The van der Waals surface area contributed by atoms with Gasteiger partial charge in [0.05, 0.1) is 12.1 Å². The van der Waals surface area contributed by atoms with E-state index in [0.29, 0.717) is 37.3 Å². The maximum absolute atomic E-state index is 12.5. The van der Waals surface area contributed by atoms with Gasteiger partial charge in [-0.05, 0) is 35.4 Å². The van der Waals surface area contributed by atoms with Crippen LogP contribution in [0.1, 0.15) is 43.9 Å². The lowest BCUT2D eigenvalue weighted by Gasteiger charge is -2.30. The van der Waals surface area contributed by atoms with Crippen LogP contribution in [0.2, 0.25) is 0 Å². The van der Waals surface area contributed by atoms with Gasteiger partial charge in [-0.25, -0.2) is 0 Å². The summed E-state index contributed by atoms with van der Waals surface area (Å²) in [5, 5.41) is 13.3. The number of carbonyl (C=O) groups excluding carboxylic acids is 2. The SMILES string of the molecule is O=C(NCCN[C@@H](c1ccccc1)[C@@H](NCCNC(=O)c1ccccc1)c1ccccc1)c1ccccc1. The smallest absolute Gasteiger partial charge is 0.251 e. The maximum Gasteiger partial charge on any atom is 0.251 e. The topological polar surface area (TPSA) is 82.3 Å². The minimum atomic E-state index is -0.0875. The zero-order chi connectivity index (χ0) is 26.4. The Morgan fingerprint density at radius 1 is 0.447 bits per heavy atom. The van der Waals surface area contributed by atoms with Crippen LogP contribution in [0.15, 0.2) is 121 Å². The first kappa shape index (κ1) is 26.8. The molecule has 0 heterocycles. The van der Waals surface area contributed by atoms with E-state index in [1.807, 2.05) is 97.1 Å². The first-order chi connectivity index (χ1) is 18.7. The number of carbonyl (C=O) groups is 2. The average molecular weight is 507 g/mol. The van der Waals surface area contributed by atoms with Crippen LogP contribution in [0, 0.1) is 0 Å². The summed E-state index contributed by atoms with van der Waals surface area (Å²) in [6.45, 7) is 2.17. The molecule has 38 heavy (non-hydrogen) atoms. The molecule has 0 radical (unpaired) electrons. The number of nitrogens with one attached hydrogen (secondary N) is 4. The Morgan fingerprint density at radius 3 is 1.11 bits per heavy atom. The van der Waals surface area contributed by atoms with Crippen molar-refractivity contribution in [1.82, 2.24) is 21.3 Å². The fourth-order valence-electron chi connectivity index (χ4n) is 4.37. The lowest BCUT2D eigenvalue weighted by molar-refractivity contribution is 0.0944. The first-order valence-electron chi connectivity index (χ1n) is 13.0. The molecule has 0 saturated heterocycles. The fraction of sp³-hybridized carbons (Fsp3) is 0.188. The number of rotatable bonds is 13. The van der Waals surface area contributed by atoms with Crippen LogP contribution in [-0.2, 0) is 0 Å². The predicted molar refractivity (Wildman–Crippen MR) is 152 cm³/mol. The molecular weight excluding hydrogens is 472 g/mol. The highest BCUT2D eigenvalue weighted by molar-refractivity contribution is 5.94. The van der Waals surface area contributed by atoms with Crippen molar-refractivity contribution in [3.8, 4) is 0 Å². The summed E-state index contributed by atoms with van der Waals surface area (Å²) in [4.78, 5) is 24.9. The summed E-state index contributed by atoms with van der Waals surface area (Å²) in [6, 6.07) is 38.9. The van der Waals surface area contributed by atoms with E-state index in [2.05, 4.69) is 45.5 Å². The fourth-order valence-corrected chi connectivity index (χ4v) is 4.37. The quantitative estimate of drug-likeness (QED) is 0.201. The van der Waals surface area contributed by atoms with E-state index >= 15 is 0 Å². The zero-order valence-electron chi connectivity index (χ0n) is 21.3. The molecule has 4 aromatic carbocycles. The predicted octanol–water partition coefficient (Wildman–Crippen LogP) is 4.51. The van der Waals surface area contributed by atoms with E-state index in [4.69, 9.17) is 0 Å². The van der Waals surface area contributed by atoms with Gasteiger partial charge in [-0.2, -0.15) is 0 Å². The second-order valence-corrected chi connectivity index (χ2v) is 8.93. The molecule has 194 valence electrons. The Balaban J connectivity index is 1.41. The molecule has 0 spiro atoms. The second kappa shape index (κ2) is 14.5. The van der Waals surface area contributed by atoms with E-state index in [-0.39, 0.29) is 23.9 Å². The lowest BCUT2D eigenvalue weighted by Crippen LogP contribution is -2.41. The highest BCUT2D eigenvalue weighted by Crippen LogP contribution is 2.28. The van der Waals surface area contributed by atoms with Crippen LogP contribution >= 0.6 is 0 Å². The molecule has 0 bridgehead atoms. The molecule has 0 aromatic heterocycles. The molecule has 0 unspecified atom stereocenters. The third-order valence-corrected chi connectivity index (χ3v) is 6.27. The first-order valence-corrected chi connectivity index (χ1v) is 13.0.